The number of aliphatic hydroxyl groups excluding tert-OH is 2. The van der Waals surface area contributed by atoms with Crippen molar-refractivity contribution in [3.05, 3.63) is 12.2 Å². The minimum absolute atomic E-state index is 0.208. The molecule has 0 amide bonds. The number of carbonyl (C=O) groups excluding carboxylic acids is 1. The Morgan fingerprint density at radius 3 is 1.44 bits per heavy atom. The first-order chi connectivity index (χ1) is 16.2. The van der Waals surface area contributed by atoms with Crippen molar-refractivity contribution in [2.24, 2.45) is 0 Å². The molecule has 0 unspecified atom stereocenters. The van der Waals surface area contributed by atoms with Gasteiger partial charge in [-0.05, 0) is 38.5 Å². The molecule has 0 aromatic carbocycles. The highest BCUT2D eigenvalue weighted by atomic mass is 32.3. The number of rotatable bonds is 18. The summed E-state index contributed by atoms with van der Waals surface area (Å²) in [7, 11) is -3.60. The van der Waals surface area contributed by atoms with Crippen LogP contribution in [0.15, 0.2) is 12.2 Å². The van der Waals surface area contributed by atoms with Crippen LogP contribution in [0.4, 0.5) is 0 Å². The molecule has 0 aliphatic carbocycles. The lowest BCUT2D eigenvalue weighted by Gasteiger charge is -2.01. The predicted molar refractivity (Wildman–Crippen MR) is 131 cm³/mol. The van der Waals surface area contributed by atoms with Gasteiger partial charge in [-0.3, -0.25) is 4.18 Å². The van der Waals surface area contributed by atoms with Gasteiger partial charge in [0, 0.05) is 5.97 Å². The number of aliphatic carboxylic acids is 1. The zero-order chi connectivity index (χ0) is 26.9. The third-order valence-electron chi connectivity index (χ3n) is 4.16. The van der Waals surface area contributed by atoms with Crippen LogP contribution in [0.2, 0.25) is 0 Å². The summed E-state index contributed by atoms with van der Waals surface area (Å²) in [5.41, 5.74) is 6.71. The number of hydrogen-bond donors (Lipinski definition) is 4. The van der Waals surface area contributed by atoms with Gasteiger partial charge in [0.15, 0.2) is 0 Å². The first kappa shape index (κ1) is 40.1. The normalized spacial score (nSPS) is 10.4. The number of unbranched alkanes of at least 4 members (excludes halogenated alkanes) is 11. The van der Waals surface area contributed by atoms with Crippen molar-refractivity contribution in [1.29, 1.82) is 0 Å². The van der Waals surface area contributed by atoms with Gasteiger partial charge in [0.2, 0.25) is 10.4 Å². The van der Waals surface area contributed by atoms with Crippen molar-refractivity contribution in [2.45, 2.75) is 96.8 Å². The molecule has 0 aromatic rings. The summed E-state index contributed by atoms with van der Waals surface area (Å²) in [5, 5.41) is 25.8. The molecule has 0 saturated carbocycles. The van der Waals surface area contributed by atoms with Gasteiger partial charge in [-0.15, -0.1) is 0 Å². The molecule has 0 aliphatic heterocycles. The maximum Gasteiger partial charge on any atom is 0.217 e. The summed E-state index contributed by atoms with van der Waals surface area (Å²) in [4.78, 5) is 10.2. The molecule has 0 heterocycles. The molecule has 0 spiro atoms. The van der Waals surface area contributed by atoms with Crippen LogP contribution in [0, 0.1) is 0 Å². The first-order valence-corrected chi connectivity index (χ1v) is 13.7. The molecule has 0 fully saturated rings. The van der Waals surface area contributed by atoms with E-state index in [1.54, 1.807) is 0 Å². The van der Waals surface area contributed by atoms with E-state index in [-0.39, 0.29) is 19.6 Å². The fraction of sp³-hybridized carbons (Fsp3) is 0.870. The molecule has 0 rings (SSSR count). The molecule has 0 bridgehead atoms. The molecule has 0 atom stereocenters. The third kappa shape index (κ3) is 63.2. The standard InChI is InChI=1S/C18H34O2.2C2H7NO.CH4O4S/c1-2-3-4-5-6-7-8-9-10-11-12-13-14-15-16-17-18(19)20;2*3-1-2-4;1-5-6(2,3)4/h9-10H,2-8,11-17H2,1H3,(H,19,20);2*4H,1-3H2;1H3,(H,2,3,4)/b10-9-;;;. The number of carboxylic acid groups (broad SMARTS) is 1. The lowest BCUT2D eigenvalue weighted by atomic mass is 10.1. The Morgan fingerprint density at radius 1 is 0.824 bits per heavy atom. The molecule has 0 radical (unpaired) electrons. The van der Waals surface area contributed by atoms with Gasteiger partial charge >= 0.3 is 0 Å². The van der Waals surface area contributed by atoms with E-state index in [9.17, 15) is 22.9 Å². The minimum Gasteiger partial charge on any atom is -0.726 e. The molecular formula is C23H52N2O8S. The summed E-state index contributed by atoms with van der Waals surface area (Å²) in [6, 6.07) is 0. The zero-order valence-electron chi connectivity index (χ0n) is 21.5. The summed E-state index contributed by atoms with van der Waals surface area (Å²) in [5.74, 6) is -0.914. The van der Waals surface area contributed by atoms with Gasteiger partial charge in [0.1, 0.15) is 0 Å². The van der Waals surface area contributed by atoms with Crippen molar-refractivity contribution >= 4 is 16.4 Å². The molecule has 10 nitrogen and oxygen atoms in total. The Hall–Kier alpha value is -1.08. The summed E-state index contributed by atoms with van der Waals surface area (Å²) in [6.45, 7) is 3.92. The zero-order valence-corrected chi connectivity index (χ0v) is 22.4. The van der Waals surface area contributed by atoms with Gasteiger partial charge in [0.25, 0.3) is 0 Å². The molecule has 0 aromatic heterocycles. The summed E-state index contributed by atoms with van der Waals surface area (Å²) >= 11 is 0. The average molecular weight is 517 g/mol. The second-order valence-electron chi connectivity index (χ2n) is 7.44. The highest BCUT2D eigenvalue weighted by Gasteiger charge is 1.91. The maximum atomic E-state index is 10.2. The largest absolute Gasteiger partial charge is 0.726 e. The Labute approximate surface area is 207 Å². The Kier molecular flexibility index (Phi) is 43.0. The Bertz CT molecular complexity index is 495. The maximum absolute atomic E-state index is 10.2. The van der Waals surface area contributed by atoms with Crippen molar-refractivity contribution in [2.75, 3.05) is 33.4 Å². The number of hydrogen-bond acceptors (Lipinski definition) is 8. The highest BCUT2D eigenvalue weighted by Crippen LogP contribution is 2.09. The topological polar surface area (TPSA) is 202 Å². The van der Waals surface area contributed by atoms with Crippen LogP contribution in [0.25, 0.3) is 0 Å². The molecule has 8 N–H and O–H groups in total. The monoisotopic (exact) mass is 516 g/mol. The Balaban J connectivity index is -0.000000260. The minimum atomic E-state index is -4.41. The highest BCUT2D eigenvalue weighted by molar-refractivity contribution is 7.80. The summed E-state index contributed by atoms with van der Waals surface area (Å²) < 4.78 is 31.0. The van der Waals surface area contributed by atoms with Crippen molar-refractivity contribution in [3.63, 3.8) is 0 Å². The molecule has 0 saturated heterocycles. The number of carbonyl (C=O) groups is 1. The van der Waals surface area contributed by atoms with Gasteiger partial charge in [-0.25, -0.2) is 8.42 Å². The van der Waals surface area contributed by atoms with Crippen LogP contribution in [0.5, 0.6) is 0 Å². The van der Waals surface area contributed by atoms with Crippen molar-refractivity contribution in [1.82, 2.24) is 0 Å². The number of aliphatic hydroxyl groups is 2. The van der Waals surface area contributed by atoms with Gasteiger partial charge in [-0.2, -0.15) is 0 Å². The van der Waals surface area contributed by atoms with Crippen LogP contribution < -0.4 is 16.6 Å². The van der Waals surface area contributed by atoms with Gasteiger partial charge < -0.3 is 36.1 Å². The van der Waals surface area contributed by atoms with Crippen LogP contribution >= 0.6 is 0 Å². The van der Waals surface area contributed by atoms with E-state index in [0.29, 0.717) is 13.1 Å². The van der Waals surface area contributed by atoms with Crippen molar-refractivity contribution < 1.29 is 48.7 Å². The Morgan fingerprint density at radius 2 is 1.15 bits per heavy atom. The fourth-order valence-electron chi connectivity index (χ4n) is 2.34. The lowest BCUT2D eigenvalue weighted by Crippen LogP contribution is -2.51. The van der Waals surface area contributed by atoms with E-state index in [1.807, 2.05) is 0 Å². The molecule has 34 heavy (non-hydrogen) atoms. The number of carboxylic acids is 1. The van der Waals surface area contributed by atoms with Crippen LogP contribution in [-0.2, 0) is 19.4 Å². The average Bonchev–Trinajstić information content (AvgIpc) is 2.81. The van der Waals surface area contributed by atoms with Gasteiger partial charge in [0.05, 0.1) is 33.4 Å². The van der Waals surface area contributed by atoms with Crippen molar-refractivity contribution in [3.8, 4) is 0 Å². The molecule has 11 heteroatoms. The summed E-state index contributed by atoms with van der Waals surface area (Å²) in [6.07, 6.45) is 20.9. The van der Waals surface area contributed by atoms with E-state index in [1.165, 1.54) is 64.2 Å². The van der Waals surface area contributed by atoms with E-state index < -0.39 is 16.4 Å². The molecular weight excluding hydrogens is 464 g/mol. The van der Waals surface area contributed by atoms with E-state index >= 15 is 0 Å². The third-order valence-corrected chi connectivity index (χ3v) is 4.57. The van der Waals surface area contributed by atoms with E-state index in [0.717, 1.165) is 26.4 Å². The number of quaternary nitrogens is 2. The fourth-order valence-corrected chi connectivity index (χ4v) is 2.34. The second kappa shape index (κ2) is 36.5. The second-order valence-corrected chi connectivity index (χ2v) is 8.59. The molecule has 208 valence electrons. The van der Waals surface area contributed by atoms with Gasteiger partial charge in [-0.1, -0.05) is 70.4 Å². The SMILES string of the molecule is CCCCCCCC/C=C\CCCCCCCC(=O)[O-].COS(=O)(=O)[O-].[NH3+]CCO.[NH3+]CCO. The van der Waals surface area contributed by atoms with E-state index in [4.69, 9.17) is 10.2 Å². The van der Waals surface area contributed by atoms with E-state index in [2.05, 4.69) is 34.7 Å². The number of allylic oxidation sites excluding steroid dienone is 2. The lowest BCUT2D eigenvalue weighted by molar-refractivity contribution is -0.372. The first-order valence-electron chi connectivity index (χ1n) is 12.3. The van der Waals surface area contributed by atoms with Crippen LogP contribution in [0.3, 0.4) is 0 Å². The smallest absolute Gasteiger partial charge is 0.217 e. The predicted octanol–water partition coefficient (Wildman–Crippen LogP) is 0.308. The van der Waals surface area contributed by atoms with Crippen LogP contribution in [0.1, 0.15) is 96.8 Å². The molecule has 0 aliphatic rings. The quantitative estimate of drug-likeness (QED) is 0.0861. The van der Waals surface area contributed by atoms with Crippen LogP contribution in [-0.4, -0.2) is 62.6 Å².